The predicted molar refractivity (Wildman–Crippen MR) is 88.1 cm³/mol. The van der Waals surface area contributed by atoms with Gasteiger partial charge in [-0.1, -0.05) is 0 Å². The van der Waals surface area contributed by atoms with Crippen molar-refractivity contribution in [3.05, 3.63) is 17.5 Å². The Morgan fingerprint density at radius 2 is 2.17 bits per heavy atom. The molecule has 1 aromatic heterocycles. The van der Waals surface area contributed by atoms with E-state index in [1.165, 1.54) is 5.56 Å². The van der Waals surface area contributed by atoms with Gasteiger partial charge in [-0.05, 0) is 52.9 Å². The standard InChI is InChI=1S/C18H25N3O3/c1-17(2,3)24-16(22)21-11-5-6-14(21)18(9-11)8-7-13-12(18)10-19-15(20-13)23-4/h10-11,14H,5-9H2,1-4H3. The molecule has 4 rings (SSSR count). The van der Waals surface area contributed by atoms with E-state index in [9.17, 15) is 4.79 Å². The second-order valence-electron chi connectivity index (χ2n) is 8.21. The van der Waals surface area contributed by atoms with Gasteiger partial charge >= 0.3 is 12.1 Å². The van der Waals surface area contributed by atoms with Crippen LogP contribution in [0.5, 0.6) is 6.01 Å². The third-order valence-corrected chi connectivity index (χ3v) is 5.72. The molecule has 1 aromatic rings. The molecule has 3 atom stereocenters. The van der Waals surface area contributed by atoms with Crippen LogP contribution in [0, 0.1) is 0 Å². The van der Waals surface area contributed by atoms with Crippen LogP contribution < -0.4 is 4.74 Å². The van der Waals surface area contributed by atoms with E-state index in [0.29, 0.717) is 6.01 Å². The maximum absolute atomic E-state index is 12.7. The first-order valence-corrected chi connectivity index (χ1v) is 8.76. The summed E-state index contributed by atoms with van der Waals surface area (Å²) in [5.74, 6) is 0. The minimum absolute atomic E-state index is 0.00141. The van der Waals surface area contributed by atoms with Gasteiger partial charge in [0, 0.05) is 29.3 Å². The number of carbonyl (C=O) groups is 1. The summed E-state index contributed by atoms with van der Waals surface area (Å²) in [5.41, 5.74) is 1.83. The SMILES string of the molecule is COc1ncc2c(n1)CCC21CC2CCC1N2C(=O)OC(C)(C)C. The van der Waals surface area contributed by atoms with E-state index in [1.54, 1.807) is 7.11 Å². The molecule has 3 aliphatic rings. The van der Waals surface area contributed by atoms with Crippen molar-refractivity contribution in [2.75, 3.05) is 7.11 Å². The number of hydrogen-bond acceptors (Lipinski definition) is 5. The van der Waals surface area contributed by atoms with Gasteiger partial charge in [-0.3, -0.25) is 0 Å². The van der Waals surface area contributed by atoms with Crippen molar-refractivity contribution in [2.45, 2.75) is 76.0 Å². The van der Waals surface area contributed by atoms with Crippen molar-refractivity contribution in [1.29, 1.82) is 0 Å². The van der Waals surface area contributed by atoms with E-state index >= 15 is 0 Å². The van der Waals surface area contributed by atoms with Crippen LogP contribution in [-0.2, 0) is 16.6 Å². The number of aryl methyl sites for hydroxylation is 1. The number of ether oxygens (including phenoxy) is 2. The lowest BCUT2D eigenvalue weighted by atomic mass is 9.70. The van der Waals surface area contributed by atoms with Gasteiger partial charge in [-0.25, -0.2) is 9.78 Å². The molecule has 0 N–H and O–H groups in total. The highest BCUT2D eigenvalue weighted by molar-refractivity contribution is 5.71. The van der Waals surface area contributed by atoms with Gasteiger partial charge < -0.3 is 14.4 Å². The molecule has 6 nitrogen and oxygen atoms in total. The zero-order valence-corrected chi connectivity index (χ0v) is 14.8. The molecule has 3 unspecified atom stereocenters. The van der Waals surface area contributed by atoms with Crippen LogP contribution in [0.3, 0.4) is 0 Å². The van der Waals surface area contributed by atoms with Gasteiger partial charge in [0.2, 0.25) is 0 Å². The third kappa shape index (κ3) is 2.19. The minimum atomic E-state index is -0.462. The zero-order chi connectivity index (χ0) is 17.1. The topological polar surface area (TPSA) is 64.6 Å². The summed E-state index contributed by atoms with van der Waals surface area (Å²) in [4.78, 5) is 23.6. The van der Waals surface area contributed by atoms with Gasteiger partial charge in [0.05, 0.1) is 12.8 Å². The highest BCUT2D eigenvalue weighted by Gasteiger charge is 2.61. The van der Waals surface area contributed by atoms with Crippen molar-refractivity contribution in [2.24, 2.45) is 0 Å². The van der Waals surface area contributed by atoms with Crippen LogP contribution in [0.25, 0.3) is 0 Å². The van der Waals surface area contributed by atoms with Gasteiger partial charge in [0.15, 0.2) is 0 Å². The molecule has 1 amide bonds. The largest absolute Gasteiger partial charge is 0.467 e. The summed E-state index contributed by atoms with van der Waals surface area (Å²) in [6.07, 6.45) is 6.81. The van der Waals surface area contributed by atoms with E-state index in [-0.39, 0.29) is 23.6 Å². The lowest BCUT2D eigenvalue weighted by molar-refractivity contribution is 0.0197. The monoisotopic (exact) mass is 331 g/mol. The molecule has 2 bridgehead atoms. The molecule has 0 saturated carbocycles. The van der Waals surface area contributed by atoms with E-state index in [1.807, 2.05) is 31.9 Å². The van der Waals surface area contributed by atoms with Crippen LogP contribution in [-0.4, -0.2) is 45.8 Å². The number of fused-ring (bicyclic) bond motifs is 5. The van der Waals surface area contributed by atoms with Crippen molar-refractivity contribution in [3.63, 3.8) is 0 Å². The number of amides is 1. The number of rotatable bonds is 1. The summed E-state index contributed by atoms with van der Waals surface area (Å²) in [6, 6.07) is 0.909. The summed E-state index contributed by atoms with van der Waals surface area (Å²) >= 11 is 0. The van der Waals surface area contributed by atoms with Crippen molar-refractivity contribution >= 4 is 6.09 Å². The molecular weight excluding hydrogens is 306 g/mol. The first kappa shape index (κ1) is 15.7. The predicted octanol–water partition coefficient (Wildman–Crippen LogP) is 2.84. The van der Waals surface area contributed by atoms with Crippen LogP contribution in [0.2, 0.25) is 0 Å². The van der Waals surface area contributed by atoms with Gasteiger partial charge in [-0.15, -0.1) is 0 Å². The Kier molecular flexibility index (Phi) is 3.31. The summed E-state index contributed by atoms with van der Waals surface area (Å²) < 4.78 is 10.8. The highest BCUT2D eigenvalue weighted by Crippen LogP contribution is 2.57. The van der Waals surface area contributed by atoms with E-state index in [4.69, 9.17) is 9.47 Å². The Hall–Kier alpha value is -1.85. The molecule has 130 valence electrons. The van der Waals surface area contributed by atoms with E-state index < -0.39 is 5.60 Å². The normalized spacial score (nSPS) is 30.8. The van der Waals surface area contributed by atoms with Crippen LogP contribution in [0.15, 0.2) is 6.20 Å². The second kappa shape index (κ2) is 5.07. The zero-order valence-electron chi connectivity index (χ0n) is 14.8. The quantitative estimate of drug-likeness (QED) is 0.792. The molecule has 1 spiro atoms. The van der Waals surface area contributed by atoms with Crippen LogP contribution in [0.1, 0.15) is 57.7 Å². The second-order valence-corrected chi connectivity index (χ2v) is 8.21. The number of carbonyl (C=O) groups excluding carboxylic acids is 1. The lowest BCUT2D eigenvalue weighted by Gasteiger charge is -2.34. The maximum Gasteiger partial charge on any atom is 0.410 e. The number of methoxy groups -OCH3 is 1. The molecule has 2 saturated heterocycles. The molecular formula is C18H25N3O3. The molecule has 2 fully saturated rings. The van der Waals surface area contributed by atoms with Gasteiger partial charge in [0.25, 0.3) is 0 Å². The molecule has 1 aliphatic carbocycles. The number of hydrogen-bond donors (Lipinski definition) is 0. The average Bonchev–Trinajstić information content (AvgIpc) is 3.17. The highest BCUT2D eigenvalue weighted by atomic mass is 16.6. The third-order valence-electron chi connectivity index (χ3n) is 5.72. The fraction of sp³-hybridized carbons (Fsp3) is 0.722. The average molecular weight is 331 g/mol. The Bertz CT molecular complexity index is 685. The molecule has 3 heterocycles. The van der Waals surface area contributed by atoms with E-state index in [0.717, 1.165) is 37.8 Å². The smallest absolute Gasteiger partial charge is 0.410 e. The Labute approximate surface area is 142 Å². The first-order chi connectivity index (χ1) is 11.3. The number of aromatic nitrogens is 2. The van der Waals surface area contributed by atoms with Crippen LogP contribution >= 0.6 is 0 Å². The molecule has 2 aliphatic heterocycles. The van der Waals surface area contributed by atoms with Crippen molar-refractivity contribution in [1.82, 2.24) is 14.9 Å². The Morgan fingerprint density at radius 1 is 1.38 bits per heavy atom. The first-order valence-electron chi connectivity index (χ1n) is 8.76. The van der Waals surface area contributed by atoms with Crippen molar-refractivity contribution in [3.8, 4) is 6.01 Å². The van der Waals surface area contributed by atoms with Crippen molar-refractivity contribution < 1.29 is 14.3 Å². The molecule has 24 heavy (non-hydrogen) atoms. The number of nitrogens with zero attached hydrogens (tertiary/aromatic N) is 3. The van der Waals surface area contributed by atoms with Gasteiger partial charge in [-0.2, -0.15) is 4.98 Å². The molecule has 0 radical (unpaired) electrons. The minimum Gasteiger partial charge on any atom is -0.467 e. The fourth-order valence-corrected chi connectivity index (χ4v) is 4.91. The summed E-state index contributed by atoms with van der Waals surface area (Å²) in [6.45, 7) is 5.76. The lowest BCUT2D eigenvalue weighted by Crippen LogP contribution is -2.44. The van der Waals surface area contributed by atoms with Gasteiger partial charge in [0.1, 0.15) is 5.60 Å². The fourth-order valence-electron chi connectivity index (χ4n) is 4.91. The Balaban J connectivity index is 1.65. The summed E-state index contributed by atoms with van der Waals surface area (Å²) in [5, 5.41) is 0. The molecule has 6 heteroatoms. The Morgan fingerprint density at radius 3 is 2.88 bits per heavy atom. The van der Waals surface area contributed by atoms with E-state index in [2.05, 4.69) is 9.97 Å². The maximum atomic E-state index is 12.7. The van der Waals surface area contributed by atoms with Crippen LogP contribution in [0.4, 0.5) is 4.79 Å². The molecule has 0 aromatic carbocycles. The summed E-state index contributed by atoms with van der Waals surface area (Å²) in [7, 11) is 1.59.